The predicted molar refractivity (Wildman–Crippen MR) is 162 cm³/mol. The van der Waals surface area contributed by atoms with Gasteiger partial charge < -0.3 is 15.8 Å². The number of hydrogen-bond acceptors (Lipinski definition) is 10. The smallest absolute Gasteiger partial charge is 0.435 e. The number of alkyl halides is 3. The van der Waals surface area contributed by atoms with Gasteiger partial charge >= 0.3 is 17.8 Å². The molecule has 17 heteroatoms. The molecule has 0 spiro atoms. The van der Waals surface area contributed by atoms with E-state index in [4.69, 9.17) is 10.5 Å². The number of ether oxygens (including phenoxy) is 1. The molecule has 1 atom stereocenters. The second-order valence-electron chi connectivity index (χ2n) is 13.2. The Bertz CT molecular complexity index is 2040. The van der Waals surface area contributed by atoms with E-state index in [1.807, 2.05) is 6.92 Å². The van der Waals surface area contributed by atoms with Gasteiger partial charge in [-0.3, -0.25) is 9.59 Å². The van der Waals surface area contributed by atoms with E-state index in [0.29, 0.717) is 31.4 Å². The van der Waals surface area contributed by atoms with Crippen LogP contribution in [0.1, 0.15) is 94.5 Å². The van der Waals surface area contributed by atoms with Gasteiger partial charge in [0.25, 0.3) is 5.91 Å². The molecule has 252 valence electrons. The summed E-state index contributed by atoms with van der Waals surface area (Å²) < 4.78 is 51.3. The Morgan fingerprint density at radius 2 is 1.81 bits per heavy atom. The van der Waals surface area contributed by atoms with Gasteiger partial charge in [-0.05, 0) is 74.5 Å². The number of imidazole rings is 1. The van der Waals surface area contributed by atoms with E-state index < -0.39 is 46.7 Å². The standard InChI is InChI=1S/C31H32F3N9O5/c1-30(15-3-4-15)12-21-23(22(44)13-30)25(31(32,33)34)39-43(21)17-7-10-19(26(35)45)20(11-17)37-16-5-8-18(9-6-16)48-28(46)24-27-38-40-41(2)29(47)42(27)14-36-24/h7,10-11,14-16,18,37H,3-6,8-9,12-13H2,1-2H3,(H2,35,45). The number of aromatic nitrogens is 7. The van der Waals surface area contributed by atoms with E-state index in [2.05, 4.69) is 25.7 Å². The highest BCUT2D eigenvalue weighted by atomic mass is 19.4. The topological polar surface area (TPSA) is 181 Å². The molecule has 14 nitrogen and oxygen atoms in total. The number of nitrogens with zero attached hydrogens (tertiary/aromatic N) is 7. The summed E-state index contributed by atoms with van der Waals surface area (Å²) in [5, 5.41) is 14.8. The van der Waals surface area contributed by atoms with E-state index >= 15 is 0 Å². The molecule has 3 aliphatic carbocycles. The van der Waals surface area contributed by atoms with Crippen LogP contribution in [0.2, 0.25) is 0 Å². The number of nitrogens with two attached hydrogens (primary N) is 1. The zero-order chi connectivity index (χ0) is 34.1. The summed E-state index contributed by atoms with van der Waals surface area (Å²) in [5.41, 5.74) is 3.87. The summed E-state index contributed by atoms with van der Waals surface area (Å²) in [6.45, 7) is 1.95. The maximum atomic E-state index is 14.1. The van der Waals surface area contributed by atoms with Crippen LogP contribution in [0.3, 0.4) is 0 Å². The lowest BCUT2D eigenvalue weighted by atomic mass is 9.70. The fourth-order valence-electron chi connectivity index (χ4n) is 7.07. The molecule has 4 aromatic rings. The molecule has 1 aromatic carbocycles. The maximum absolute atomic E-state index is 14.1. The minimum atomic E-state index is -4.83. The number of nitrogens with one attached hydrogen (secondary N) is 1. The number of aryl methyl sites for hydroxylation is 1. The molecule has 7 rings (SSSR count). The predicted octanol–water partition coefficient (Wildman–Crippen LogP) is 3.25. The monoisotopic (exact) mass is 667 g/mol. The Hall–Kier alpha value is -5.09. The van der Waals surface area contributed by atoms with Crippen LogP contribution in [0, 0.1) is 11.3 Å². The number of Topliss-reactive ketones (excluding diaryl/α,β-unsaturated/α-hetero) is 1. The van der Waals surface area contributed by atoms with Crippen LogP contribution in [0.4, 0.5) is 18.9 Å². The fraction of sp³-hybridized carbons (Fsp3) is 0.484. The highest BCUT2D eigenvalue weighted by molar-refractivity contribution is 6.01. The third kappa shape index (κ3) is 5.49. The summed E-state index contributed by atoms with van der Waals surface area (Å²) in [4.78, 5) is 54.6. The van der Waals surface area contributed by atoms with Crippen molar-refractivity contribution in [1.82, 2.24) is 34.2 Å². The molecule has 2 saturated carbocycles. The lowest BCUT2D eigenvalue weighted by molar-refractivity contribution is -0.141. The quantitative estimate of drug-likeness (QED) is 0.278. The van der Waals surface area contributed by atoms with Crippen LogP contribution < -0.4 is 16.7 Å². The molecular weight excluding hydrogens is 635 g/mol. The molecule has 48 heavy (non-hydrogen) atoms. The van der Waals surface area contributed by atoms with Crippen molar-refractivity contribution >= 4 is 29.0 Å². The SMILES string of the molecule is Cn1nnc2c(C(=O)OC3CCC(Nc4cc(-n5nc(C(F)(F)F)c6c5CC(C)(C5CC5)CC6=O)ccc4C(N)=O)CC3)ncn2c1=O. The molecule has 1 unspecified atom stereocenters. The van der Waals surface area contributed by atoms with Crippen molar-refractivity contribution in [2.24, 2.45) is 24.1 Å². The van der Waals surface area contributed by atoms with E-state index in [1.165, 1.54) is 36.3 Å². The number of fused-ring (bicyclic) bond motifs is 2. The van der Waals surface area contributed by atoms with Crippen molar-refractivity contribution < 1.29 is 32.3 Å². The first-order chi connectivity index (χ1) is 22.7. The first-order valence-electron chi connectivity index (χ1n) is 15.6. The van der Waals surface area contributed by atoms with Crippen LogP contribution in [-0.4, -0.2) is 64.0 Å². The molecule has 3 aliphatic rings. The van der Waals surface area contributed by atoms with Gasteiger partial charge in [0.05, 0.1) is 22.5 Å². The van der Waals surface area contributed by atoms with Crippen LogP contribution >= 0.6 is 0 Å². The fourth-order valence-corrected chi connectivity index (χ4v) is 7.07. The van der Waals surface area contributed by atoms with Crippen molar-refractivity contribution in [3.05, 3.63) is 63.2 Å². The van der Waals surface area contributed by atoms with E-state index in [0.717, 1.165) is 21.9 Å². The Kier molecular flexibility index (Phi) is 7.39. The van der Waals surface area contributed by atoms with Gasteiger partial charge in [0.15, 0.2) is 22.8 Å². The highest BCUT2D eigenvalue weighted by Gasteiger charge is 2.51. The molecular formula is C31H32F3N9O5. The normalized spacial score (nSPS) is 22.8. The minimum absolute atomic E-state index is 0.0142. The summed E-state index contributed by atoms with van der Waals surface area (Å²) in [7, 11) is 1.42. The van der Waals surface area contributed by atoms with Gasteiger partial charge in [0.2, 0.25) is 0 Å². The second-order valence-corrected chi connectivity index (χ2v) is 13.2. The molecule has 0 aliphatic heterocycles. The number of benzene rings is 1. The average molecular weight is 668 g/mol. The lowest BCUT2D eigenvalue weighted by Gasteiger charge is -2.33. The van der Waals surface area contributed by atoms with Gasteiger partial charge in [0.1, 0.15) is 12.4 Å². The number of carbonyl (C=O) groups is 3. The Morgan fingerprint density at radius 3 is 2.48 bits per heavy atom. The first-order valence-corrected chi connectivity index (χ1v) is 15.6. The Morgan fingerprint density at radius 1 is 1.08 bits per heavy atom. The molecule has 3 heterocycles. The van der Waals surface area contributed by atoms with E-state index in [1.54, 1.807) is 0 Å². The molecule has 2 fully saturated rings. The van der Waals surface area contributed by atoms with Gasteiger partial charge in [-0.15, -0.1) is 5.10 Å². The first kappa shape index (κ1) is 31.5. The lowest BCUT2D eigenvalue weighted by Crippen LogP contribution is -2.33. The van der Waals surface area contributed by atoms with E-state index in [9.17, 15) is 32.3 Å². The average Bonchev–Trinajstić information content (AvgIpc) is 3.69. The third-order valence-corrected chi connectivity index (χ3v) is 9.74. The molecule has 3 aromatic heterocycles. The number of primary amides is 1. The minimum Gasteiger partial charge on any atom is -0.458 e. The van der Waals surface area contributed by atoms with E-state index in [-0.39, 0.29) is 58.7 Å². The Labute approximate surface area is 270 Å². The number of anilines is 1. The van der Waals surface area contributed by atoms with Crippen molar-refractivity contribution in [2.45, 2.75) is 76.6 Å². The number of hydrogen-bond donors (Lipinski definition) is 2. The number of amides is 1. The van der Waals surface area contributed by atoms with Gasteiger partial charge in [-0.1, -0.05) is 12.1 Å². The van der Waals surface area contributed by atoms with Gasteiger partial charge in [-0.25, -0.2) is 23.7 Å². The van der Waals surface area contributed by atoms with Gasteiger partial charge in [-0.2, -0.15) is 23.0 Å². The number of carbonyl (C=O) groups excluding carboxylic acids is 3. The summed E-state index contributed by atoms with van der Waals surface area (Å²) in [6.07, 6.45) is 0.0174. The van der Waals surface area contributed by atoms with Crippen LogP contribution in [-0.2, 0) is 24.4 Å². The molecule has 0 bridgehead atoms. The van der Waals surface area contributed by atoms with Crippen LogP contribution in [0.15, 0.2) is 29.3 Å². The molecule has 0 saturated heterocycles. The van der Waals surface area contributed by atoms with Gasteiger partial charge in [0, 0.05) is 25.2 Å². The zero-order valence-corrected chi connectivity index (χ0v) is 26.1. The third-order valence-electron chi connectivity index (χ3n) is 9.74. The second kappa shape index (κ2) is 11.3. The largest absolute Gasteiger partial charge is 0.458 e. The number of esters is 1. The maximum Gasteiger partial charge on any atom is 0.435 e. The highest BCUT2D eigenvalue weighted by Crippen LogP contribution is 2.53. The zero-order valence-electron chi connectivity index (χ0n) is 26.1. The van der Waals surface area contributed by atoms with Crippen molar-refractivity contribution in [1.29, 1.82) is 0 Å². The van der Waals surface area contributed by atoms with Crippen molar-refractivity contribution in [3.63, 3.8) is 0 Å². The van der Waals surface area contributed by atoms with Crippen molar-refractivity contribution in [3.8, 4) is 5.69 Å². The summed E-state index contributed by atoms with van der Waals surface area (Å²) >= 11 is 0. The van der Waals surface area contributed by atoms with Crippen LogP contribution in [0.25, 0.3) is 11.3 Å². The molecule has 0 radical (unpaired) electrons. The Balaban J connectivity index is 1.11. The van der Waals surface area contributed by atoms with Crippen molar-refractivity contribution in [2.75, 3.05) is 5.32 Å². The summed E-state index contributed by atoms with van der Waals surface area (Å²) in [6, 6.07) is 4.25. The molecule has 3 N–H and O–H groups in total. The van der Waals surface area contributed by atoms with Crippen LogP contribution in [0.5, 0.6) is 0 Å². The number of halogens is 3. The molecule has 1 amide bonds. The number of rotatable bonds is 7. The summed E-state index contributed by atoms with van der Waals surface area (Å²) in [5.74, 6) is -1.77. The number of ketones is 1.